The van der Waals surface area contributed by atoms with E-state index >= 15 is 0 Å². The third-order valence-corrected chi connectivity index (χ3v) is 4.08. The average molecular weight is 293 g/mol. The van der Waals surface area contributed by atoms with Gasteiger partial charge in [-0.3, -0.25) is 0 Å². The molecule has 0 aliphatic carbocycles. The lowest BCUT2D eigenvalue weighted by molar-refractivity contribution is 0.262. The summed E-state index contributed by atoms with van der Waals surface area (Å²) in [4.78, 5) is 5.68. The SMILES string of the molecule is CCN(CC)CC(C)n1c(=S)[nH]c2ccc(OC)cc21. The van der Waals surface area contributed by atoms with Crippen LogP contribution in [0.3, 0.4) is 0 Å². The molecule has 4 nitrogen and oxygen atoms in total. The molecule has 5 heteroatoms. The van der Waals surface area contributed by atoms with Crippen LogP contribution in [0.2, 0.25) is 0 Å². The van der Waals surface area contributed by atoms with Crippen LogP contribution >= 0.6 is 12.2 Å². The summed E-state index contributed by atoms with van der Waals surface area (Å²) >= 11 is 5.48. The molecule has 0 spiro atoms. The normalized spacial score (nSPS) is 13.1. The molecule has 0 aliphatic rings. The van der Waals surface area contributed by atoms with Gasteiger partial charge in [0.25, 0.3) is 0 Å². The third-order valence-electron chi connectivity index (χ3n) is 3.78. The number of nitrogens with zero attached hydrogens (tertiary/aromatic N) is 2. The summed E-state index contributed by atoms with van der Waals surface area (Å²) in [5.74, 6) is 0.857. The minimum Gasteiger partial charge on any atom is -0.497 e. The average Bonchev–Trinajstić information content (AvgIpc) is 2.79. The highest BCUT2D eigenvalue weighted by Crippen LogP contribution is 2.24. The molecule has 2 rings (SSSR count). The van der Waals surface area contributed by atoms with Crippen molar-refractivity contribution in [1.82, 2.24) is 14.5 Å². The van der Waals surface area contributed by atoms with Gasteiger partial charge in [0.1, 0.15) is 5.75 Å². The van der Waals surface area contributed by atoms with Crippen LogP contribution in [0, 0.1) is 4.77 Å². The number of rotatable bonds is 6. The molecule has 1 atom stereocenters. The van der Waals surface area contributed by atoms with Gasteiger partial charge in [0.05, 0.1) is 18.1 Å². The van der Waals surface area contributed by atoms with Crippen LogP contribution in [0.1, 0.15) is 26.8 Å². The van der Waals surface area contributed by atoms with Gasteiger partial charge < -0.3 is 19.2 Å². The number of nitrogens with one attached hydrogen (secondary N) is 1. The van der Waals surface area contributed by atoms with E-state index < -0.39 is 0 Å². The molecule has 2 aromatic rings. The number of benzene rings is 1. The molecule has 0 saturated heterocycles. The molecule has 1 heterocycles. The van der Waals surface area contributed by atoms with E-state index in [1.807, 2.05) is 18.2 Å². The molecule has 0 saturated carbocycles. The fraction of sp³-hybridized carbons (Fsp3) is 0.533. The Morgan fingerprint density at radius 2 is 2.05 bits per heavy atom. The summed E-state index contributed by atoms with van der Waals surface area (Å²) in [5.41, 5.74) is 2.16. The Bertz CT molecular complexity index is 628. The van der Waals surface area contributed by atoms with Crippen molar-refractivity contribution in [2.45, 2.75) is 26.8 Å². The molecule has 0 amide bonds. The molecule has 1 aromatic heterocycles. The first-order valence-corrected chi connectivity index (χ1v) is 7.52. The standard InChI is InChI=1S/C15H23N3OS/c1-5-17(6-2)10-11(3)18-14-9-12(19-4)7-8-13(14)16-15(18)20/h7-9,11H,5-6,10H2,1-4H3,(H,16,20). The minimum atomic E-state index is 0.322. The monoisotopic (exact) mass is 293 g/mol. The molecule has 20 heavy (non-hydrogen) atoms. The zero-order chi connectivity index (χ0) is 14.7. The Morgan fingerprint density at radius 3 is 2.65 bits per heavy atom. The first-order chi connectivity index (χ1) is 9.60. The zero-order valence-corrected chi connectivity index (χ0v) is 13.5. The van der Waals surface area contributed by atoms with Gasteiger partial charge in [-0.25, -0.2) is 0 Å². The quantitative estimate of drug-likeness (QED) is 0.826. The van der Waals surface area contributed by atoms with Gasteiger partial charge in [-0.2, -0.15) is 0 Å². The predicted octanol–water partition coefficient (Wildman–Crippen LogP) is 3.61. The smallest absolute Gasteiger partial charge is 0.178 e. The van der Waals surface area contributed by atoms with Gasteiger partial charge in [-0.1, -0.05) is 13.8 Å². The number of ether oxygens (including phenoxy) is 1. The van der Waals surface area contributed by atoms with E-state index in [2.05, 4.69) is 35.2 Å². The molecule has 1 aromatic carbocycles. The minimum absolute atomic E-state index is 0.322. The number of hydrogen-bond donors (Lipinski definition) is 1. The maximum absolute atomic E-state index is 5.48. The summed E-state index contributed by atoms with van der Waals surface area (Å²) in [6.07, 6.45) is 0. The number of aromatic amines is 1. The van der Waals surface area contributed by atoms with Crippen molar-refractivity contribution in [3.8, 4) is 5.75 Å². The predicted molar refractivity (Wildman–Crippen MR) is 86.2 cm³/mol. The number of aromatic nitrogens is 2. The molecule has 110 valence electrons. The van der Waals surface area contributed by atoms with Gasteiger partial charge in [-0.05, 0) is 44.4 Å². The van der Waals surface area contributed by atoms with Crippen molar-refractivity contribution in [2.75, 3.05) is 26.7 Å². The Kier molecular flexibility index (Phi) is 4.83. The van der Waals surface area contributed by atoms with Gasteiger partial charge in [0, 0.05) is 18.7 Å². The summed E-state index contributed by atoms with van der Waals surface area (Å²) in [6.45, 7) is 9.69. The van der Waals surface area contributed by atoms with E-state index in [0.29, 0.717) is 6.04 Å². The number of hydrogen-bond acceptors (Lipinski definition) is 3. The lowest BCUT2D eigenvalue weighted by Crippen LogP contribution is -2.29. The van der Waals surface area contributed by atoms with E-state index in [4.69, 9.17) is 17.0 Å². The number of H-pyrrole nitrogens is 1. The highest BCUT2D eigenvalue weighted by Gasteiger charge is 2.14. The summed E-state index contributed by atoms with van der Waals surface area (Å²) < 4.78 is 8.28. The molecule has 0 bridgehead atoms. The van der Waals surface area contributed by atoms with Gasteiger partial charge in [-0.15, -0.1) is 0 Å². The van der Waals surface area contributed by atoms with E-state index in [0.717, 1.165) is 41.2 Å². The molecule has 0 aliphatic heterocycles. The first-order valence-electron chi connectivity index (χ1n) is 7.11. The summed E-state index contributed by atoms with van der Waals surface area (Å²) in [6, 6.07) is 6.33. The highest BCUT2D eigenvalue weighted by molar-refractivity contribution is 7.71. The van der Waals surface area contributed by atoms with Crippen molar-refractivity contribution >= 4 is 23.3 Å². The Balaban J connectivity index is 2.41. The van der Waals surface area contributed by atoms with Crippen LogP contribution in [0.4, 0.5) is 0 Å². The van der Waals surface area contributed by atoms with Crippen LogP contribution in [0.25, 0.3) is 11.0 Å². The molecule has 1 unspecified atom stereocenters. The van der Waals surface area contributed by atoms with Crippen LogP contribution in [0.15, 0.2) is 18.2 Å². The van der Waals surface area contributed by atoms with Crippen LogP contribution in [-0.4, -0.2) is 41.2 Å². The number of fused-ring (bicyclic) bond motifs is 1. The maximum atomic E-state index is 5.48. The van der Waals surface area contributed by atoms with Crippen molar-refractivity contribution in [2.24, 2.45) is 0 Å². The van der Waals surface area contributed by atoms with Gasteiger partial charge in [0.2, 0.25) is 0 Å². The topological polar surface area (TPSA) is 33.2 Å². The molecule has 1 N–H and O–H groups in total. The second kappa shape index (κ2) is 6.41. The van der Waals surface area contributed by atoms with E-state index in [1.165, 1.54) is 0 Å². The van der Waals surface area contributed by atoms with Gasteiger partial charge in [0.15, 0.2) is 4.77 Å². The Hall–Kier alpha value is -1.33. The highest BCUT2D eigenvalue weighted by atomic mass is 32.1. The van der Waals surface area contributed by atoms with E-state index in [1.54, 1.807) is 7.11 Å². The summed E-state index contributed by atoms with van der Waals surface area (Å²) in [5, 5.41) is 0. The van der Waals surface area contributed by atoms with Crippen molar-refractivity contribution in [3.63, 3.8) is 0 Å². The van der Waals surface area contributed by atoms with Crippen molar-refractivity contribution in [1.29, 1.82) is 0 Å². The second-order valence-electron chi connectivity index (χ2n) is 5.02. The lowest BCUT2D eigenvalue weighted by atomic mass is 10.2. The van der Waals surface area contributed by atoms with Gasteiger partial charge >= 0.3 is 0 Å². The van der Waals surface area contributed by atoms with E-state index in [-0.39, 0.29) is 0 Å². The van der Waals surface area contributed by atoms with Crippen molar-refractivity contribution in [3.05, 3.63) is 23.0 Å². The largest absolute Gasteiger partial charge is 0.497 e. The zero-order valence-electron chi connectivity index (χ0n) is 12.6. The Labute approximate surface area is 125 Å². The molecular formula is C15H23N3OS. The van der Waals surface area contributed by atoms with Crippen LogP contribution in [-0.2, 0) is 0 Å². The third kappa shape index (κ3) is 2.88. The Morgan fingerprint density at radius 1 is 1.35 bits per heavy atom. The van der Waals surface area contributed by atoms with Crippen LogP contribution < -0.4 is 4.74 Å². The second-order valence-corrected chi connectivity index (χ2v) is 5.40. The molecule has 0 fully saturated rings. The maximum Gasteiger partial charge on any atom is 0.178 e. The van der Waals surface area contributed by atoms with E-state index in [9.17, 15) is 0 Å². The number of methoxy groups -OCH3 is 1. The number of likely N-dealkylation sites (N-methyl/N-ethyl adjacent to an activating group) is 1. The lowest BCUT2D eigenvalue weighted by Gasteiger charge is -2.24. The fourth-order valence-electron chi connectivity index (χ4n) is 2.60. The number of imidazole rings is 1. The van der Waals surface area contributed by atoms with Crippen LogP contribution in [0.5, 0.6) is 5.75 Å². The fourth-order valence-corrected chi connectivity index (χ4v) is 2.99. The molecule has 0 radical (unpaired) electrons. The first kappa shape index (κ1) is 15.1. The summed E-state index contributed by atoms with van der Waals surface area (Å²) in [7, 11) is 1.69. The molecular weight excluding hydrogens is 270 g/mol. The van der Waals surface area contributed by atoms with Crippen molar-refractivity contribution < 1.29 is 4.74 Å².